The molecule has 0 saturated heterocycles. The Bertz CT molecular complexity index is 583. The molecular weight excluding hydrogens is 257 g/mol. The SMILES string of the molecule is Cc1cc(F)cc(-c2noc(C3CCC(N)CC3)n2)c1. The van der Waals surface area contributed by atoms with Gasteiger partial charge >= 0.3 is 0 Å². The third kappa shape index (κ3) is 2.72. The number of rotatable bonds is 2. The van der Waals surface area contributed by atoms with Crippen LogP contribution in [0.1, 0.15) is 43.1 Å². The summed E-state index contributed by atoms with van der Waals surface area (Å²) >= 11 is 0. The molecule has 1 aromatic heterocycles. The number of aromatic nitrogens is 2. The first-order valence-electron chi connectivity index (χ1n) is 6.98. The summed E-state index contributed by atoms with van der Waals surface area (Å²) < 4.78 is 18.8. The average molecular weight is 275 g/mol. The molecule has 2 N–H and O–H groups in total. The number of halogens is 1. The van der Waals surface area contributed by atoms with E-state index >= 15 is 0 Å². The maximum absolute atomic E-state index is 13.4. The van der Waals surface area contributed by atoms with Crippen molar-refractivity contribution in [3.63, 3.8) is 0 Å². The van der Waals surface area contributed by atoms with Crippen molar-refractivity contribution in [3.05, 3.63) is 35.5 Å². The van der Waals surface area contributed by atoms with Gasteiger partial charge in [-0.15, -0.1) is 0 Å². The molecule has 0 unspecified atom stereocenters. The maximum atomic E-state index is 13.4. The van der Waals surface area contributed by atoms with E-state index in [4.69, 9.17) is 10.3 Å². The minimum atomic E-state index is -0.282. The van der Waals surface area contributed by atoms with E-state index in [1.54, 1.807) is 0 Å². The van der Waals surface area contributed by atoms with E-state index < -0.39 is 0 Å². The lowest BCUT2D eigenvalue weighted by atomic mass is 9.86. The number of aryl methyl sites for hydroxylation is 1. The summed E-state index contributed by atoms with van der Waals surface area (Å²) in [6.07, 6.45) is 3.93. The minimum absolute atomic E-state index is 0.282. The summed E-state index contributed by atoms with van der Waals surface area (Å²) in [6.45, 7) is 1.84. The normalized spacial score (nSPS) is 22.9. The van der Waals surface area contributed by atoms with Crippen molar-refractivity contribution in [1.29, 1.82) is 0 Å². The third-order valence-corrected chi connectivity index (χ3v) is 3.86. The van der Waals surface area contributed by atoms with Gasteiger partial charge in [0.05, 0.1) is 0 Å². The second-order valence-electron chi connectivity index (χ2n) is 5.59. The van der Waals surface area contributed by atoms with E-state index in [0.29, 0.717) is 23.3 Å². The Morgan fingerprint density at radius 2 is 1.95 bits per heavy atom. The summed E-state index contributed by atoms with van der Waals surface area (Å²) in [7, 11) is 0. The molecule has 1 aliphatic carbocycles. The molecule has 3 rings (SSSR count). The average Bonchev–Trinajstić information content (AvgIpc) is 2.88. The number of nitrogens with two attached hydrogens (primary N) is 1. The number of hydrogen-bond donors (Lipinski definition) is 1. The van der Waals surface area contributed by atoms with E-state index in [0.717, 1.165) is 31.2 Å². The van der Waals surface area contributed by atoms with E-state index in [9.17, 15) is 4.39 Å². The smallest absolute Gasteiger partial charge is 0.230 e. The van der Waals surface area contributed by atoms with Crippen LogP contribution in [-0.2, 0) is 0 Å². The molecule has 0 spiro atoms. The zero-order chi connectivity index (χ0) is 14.1. The lowest BCUT2D eigenvalue weighted by Crippen LogP contribution is -2.25. The molecule has 20 heavy (non-hydrogen) atoms. The predicted octanol–water partition coefficient (Wildman–Crippen LogP) is 3.17. The predicted molar refractivity (Wildman–Crippen MR) is 73.6 cm³/mol. The first kappa shape index (κ1) is 13.2. The fraction of sp³-hybridized carbons (Fsp3) is 0.467. The third-order valence-electron chi connectivity index (χ3n) is 3.86. The zero-order valence-electron chi connectivity index (χ0n) is 11.5. The van der Waals surface area contributed by atoms with Crippen LogP contribution < -0.4 is 5.73 Å². The van der Waals surface area contributed by atoms with Crippen LogP contribution in [0.15, 0.2) is 22.7 Å². The molecule has 1 saturated carbocycles. The highest BCUT2D eigenvalue weighted by Crippen LogP contribution is 2.32. The molecule has 1 fully saturated rings. The Morgan fingerprint density at radius 3 is 2.65 bits per heavy atom. The fourth-order valence-corrected chi connectivity index (χ4v) is 2.75. The van der Waals surface area contributed by atoms with Gasteiger partial charge in [0.25, 0.3) is 0 Å². The molecule has 1 heterocycles. The van der Waals surface area contributed by atoms with Crippen LogP contribution in [0.3, 0.4) is 0 Å². The number of benzene rings is 1. The first-order valence-corrected chi connectivity index (χ1v) is 6.98. The summed E-state index contributed by atoms with van der Waals surface area (Å²) in [6, 6.07) is 5.06. The van der Waals surface area contributed by atoms with Crippen LogP contribution in [0.4, 0.5) is 4.39 Å². The highest BCUT2D eigenvalue weighted by Gasteiger charge is 2.25. The van der Waals surface area contributed by atoms with Gasteiger partial charge in [-0.1, -0.05) is 5.16 Å². The molecule has 106 valence electrons. The number of hydrogen-bond acceptors (Lipinski definition) is 4. The molecular formula is C15H18FN3O. The van der Waals surface area contributed by atoms with Gasteiger partial charge in [0, 0.05) is 17.5 Å². The van der Waals surface area contributed by atoms with E-state index in [1.165, 1.54) is 12.1 Å². The lowest BCUT2D eigenvalue weighted by Gasteiger charge is -2.22. The van der Waals surface area contributed by atoms with Crippen molar-refractivity contribution in [1.82, 2.24) is 10.1 Å². The highest BCUT2D eigenvalue weighted by atomic mass is 19.1. The molecule has 1 aliphatic rings. The molecule has 1 aromatic carbocycles. The van der Waals surface area contributed by atoms with Crippen molar-refractivity contribution >= 4 is 0 Å². The molecule has 4 nitrogen and oxygen atoms in total. The Kier molecular flexibility index (Phi) is 3.53. The lowest BCUT2D eigenvalue weighted by molar-refractivity contribution is 0.301. The van der Waals surface area contributed by atoms with Crippen molar-refractivity contribution in [2.24, 2.45) is 5.73 Å². The van der Waals surface area contributed by atoms with Gasteiger partial charge in [-0.3, -0.25) is 0 Å². The van der Waals surface area contributed by atoms with Crippen LogP contribution >= 0.6 is 0 Å². The maximum Gasteiger partial charge on any atom is 0.230 e. The van der Waals surface area contributed by atoms with Gasteiger partial charge in [-0.2, -0.15) is 4.98 Å². The topological polar surface area (TPSA) is 64.9 Å². The second kappa shape index (κ2) is 5.32. The first-order chi connectivity index (χ1) is 9.61. The van der Waals surface area contributed by atoms with Gasteiger partial charge in [-0.05, 0) is 56.4 Å². The standard InChI is InChI=1S/C15H18FN3O/c1-9-6-11(8-12(16)7-9)14-18-15(20-19-14)10-2-4-13(17)5-3-10/h6-8,10,13H,2-5,17H2,1H3. The van der Waals surface area contributed by atoms with Crippen LogP contribution in [0.25, 0.3) is 11.4 Å². The van der Waals surface area contributed by atoms with Gasteiger partial charge < -0.3 is 10.3 Å². The van der Waals surface area contributed by atoms with Crippen molar-refractivity contribution in [3.8, 4) is 11.4 Å². The van der Waals surface area contributed by atoms with Crippen LogP contribution in [-0.4, -0.2) is 16.2 Å². The van der Waals surface area contributed by atoms with E-state index in [2.05, 4.69) is 10.1 Å². The van der Waals surface area contributed by atoms with E-state index in [1.807, 2.05) is 13.0 Å². The van der Waals surface area contributed by atoms with Crippen LogP contribution in [0.2, 0.25) is 0 Å². The van der Waals surface area contributed by atoms with Crippen LogP contribution in [0.5, 0.6) is 0 Å². The highest BCUT2D eigenvalue weighted by molar-refractivity contribution is 5.55. The minimum Gasteiger partial charge on any atom is -0.339 e. The number of nitrogens with zero attached hydrogens (tertiary/aromatic N) is 2. The van der Waals surface area contributed by atoms with Gasteiger partial charge in [0.1, 0.15) is 5.82 Å². The van der Waals surface area contributed by atoms with Gasteiger partial charge in [0.15, 0.2) is 0 Å². The molecule has 0 atom stereocenters. The summed E-state index contributed by atoms with van der Waals surface area (Å²) in [5.41, 5.74) is 7.40. The molecule has 0 amide bonds. The fourth-order valence-electron chi connectivity index (χ4n) is 2.75. The van der Waals surface area contributed by atoms with Gasteiger partial charge in [0.2, 0.25) is 11.7 Å². The van der Waals surface area contributed by atoms with Crippen LogP contribution in [0, 0.1) is 12.7 Å². The monoisotopic (exact) mass is 275 g/mol. The van der Waals surface area contributed by atoms with Crippen molar-refractivity contribution in [2.45, 2.75) is 44.6 Å². The summed E-state index contributed by atoms with van der Waals surface area (Å²) in [5.74, 6) is 1.10. The Morgan fingerprint density at radius 1 is 1.20 bits per heavy atom. The molecule has 0 aliphatic heterocycles. The van der Waals surface area contributed by atoms with Crippen molar-refractivity contribution in [2.75, 3.05) is 0 Å². The Labute approximate surface area is 117 Å². The second-order valence-corrected chi connectivity index (χ2v) is 5.59. The molecule has 5 heteroatoms. The summed E-state index contributed by atoms with van der Waals surface area (Å²) in [5, 5.41) is 3.98. The zero-order valence-corrected chi connectivity index (χ0v) is 11.5. The van der Waals surface area contributed by atoms with Gasteiger partial charge in [-0.25, -0.2) is 4.39 Å². The molecule has 0 bridgehead atoms. The molecule has 0 radical (unpaired) electrons. The Balaban J connectivity index is 1.83. The summed E-state index contributed by atoms with van der Waals surface area (Å²) in [4.78, 5) is 4.43. The van der Waals surface area contributed by atoms with E-state index in [-0.39, 0.29) is 11.7 Å². The largest absolute Gasteiger partial charge is 0.339 e. The van der Waals surface area contributed by atoms with Crippen molar-refractivity contribution < 1.29 is 8.91 Å². The molecule has 2 aromatic rings. The quantitative estimate of drug-likeness (QED) is 0.914. The Hall–Kier alpha value is -1.75.